The molecule has 0 amide bonds. The van der Waals surface area contributed by atoms with Gasteiger partial charge in [-0.05, 0) is 50.1 Å². The summed E-state index contributed by atoms with van der Waals surface area (Å²) in [5.41, 5.74) is 2.88. The highest BCUT2D eigenvalue weighted by Crippen LogP contribution is 2.32. The minimum absolute atomic E-state index is 0.289. The number of imidazole rings is 1. The number of rotatable bonds is 2. The molecule has 1 aromatic carbocycles. The molecule has 124 valence electrons. The fraction of sp³-hybridized carbons (Fsp3) is 0.235. The van der Waals surface area contributed by atoms with E-state index in [0.717, 1.165) is 23.4 Å². The Balaban J connectivity index is 2.10. The van der Waals surface area contributed by atoms with Crippen molar-refractivity contribution in [2.24, 2.45) is 10.2 Å². The van der Waals surface area contributed by atoms with Crippen LogP contribution in [0.2, 0.25) is 0 Å². The molecule has 0 radical (unpaired) electrons. The lowest BCUT2D eigenvalue weighted by Gasteiger charge is -2.07. The number of fused-ring (bicyclic) bond motifs is 1. The van der Waals surface area contributed by atoms with E-state index >= 15 is 0 Å². The van der Waals surface area contributed by atoms with E-state index in [4.69, 9.17) is 0 Å². The first-order chi connectivity index (χ1) is 11.3. The molecule has 0 aliphatic rings. The molecular formula is C17H15F3N4. The normalized spacial score (nSPS) is 12.4. The predicted molar refractivity (Wildman–Crippen MR) is 85.0 cm³/mol. The van der Waals surface area contributed by atoms with Gasteiger partial charge in [-0.15, -0.1) is 10.2 Å². The molecule has 0 spiro atoms. The average Bonchev–Trinajstić information content (AvgIpc) is 2.82. The number of alkyl halides is 3. The third kappa shape index (κ3) is 2.89. The molecule has 24 heavy (non-hydrogen) atoms. The van der Waals surface area contributed by atoms with Crippen LogP contribution in [0.15, 0.2) is 46.8 Å². The van der Waals surface area contributed by atoms with E-state index in [1.807, 2.05) is 32.0 Å². The summed E-state index contributed by atoms with van der Waals surface area (Å²) in [7, 11) is 0. The molecule has 0 saturated heterocycles. The molecule has 3 rings (SSSR count). The molecule has 2 aromatic heterocycles. The summed E-state index contributed by atoms with van der Waals surface area (Å²) in [5.74, 6) is 0.289. The summed E-state index contributed by atoms with van der Waals surface area (Å²) < 4.78 is 40.1. The van der Waals surface area contributed by atoms with Gasteiger partial charge >= 0.3 is 6.18 Å². The van der Waals surface area contributed by atoms with Crippen LogP contribution in [0.4, 0.5) is 24.7 Å². The topological polar surface area (TPSA) is 42.0 Å². The van der Waals surface area contributed by atoms with Gasteiger partial charge in [-0.3, -0.25) is 4.40 Å². The lowest BCUT2D eigenvalue weighted by atomic mass is 10.1. The van der Waals surface area contributed by atoms with Crippen molar-refractivity contribution in [2.75, 3.05) is 0 Å². The first kappa shape index (κ1) is 16.2. The van der Waals surface area contributed by atoms with Gasteiger partial charge in [0.2, 0.25) is 0 Å². The molecule has 0 unspecified atom stereocenters. The fourth-order valence-electron chi connectivity index (χ4n) is 2.38. The van der Waals surface area contributed by atoms with Crippen LogP contribution in [-0.4, -0.2) is 9.38 Å². The Labute approximate surface area is 136 Å². The van der Waals surface area contributed by atoms with Gasteiger partial charge in [0.1, 0.15) is 5.65 Å². The van der Waals surface area contributed by atoms with E-state index in [1.54, 1.807) is 6.92 Å². The van der Waals surface area contributed by atoms with E-state index in [1.165, 1.54) is 10.5 Å². The van der Waals surface area contributed by atoms with Crippen molar-refractivity contribution < 1.29 is 13.2 Å². The zero-order valence-electron chi connectivity index (χ0n) is 13.4. The van der Waals surface area contributed by atoms with Crippen LogP contribution in [0.1, 0.15) is 22.4 Å². The van der Waals surface area contributed by atoms with E-state index < -0.39 is 11.7 Å². The van der Waals surface area contributed by atoms with Crippen LogP contribution in [0.25, 0.3) is 5.65 Å². The molecule has 0 aliphatic heterocycles. The van der Waals surface area contributed by atoms with Crippen LogP contribution in [-0.2, 0) is 6.18 Å². The van der Waals surface area contributed by atoms with Gasteiger partial charge in [-0.1, -0.05) is 12.1 Å². The summed E-state index contributed by atoms with van der Waals surface area (Å²) in [6.07, 6.45) is -3.43. The number of azo groups is 1. The number of hydrogen-bond donors (Lipinski definition) is 0. The molecule has 0 N–H and O–H groups in total. The number of nitrogens with zero attached hydrogens (tertiary/aromatic N) is 4. The zero-order valence-corrected chi connectivity index (χ0v) is 13.4. The van der Waals surface area contributed by atoms with E-state index in [0.29, 0.717) is 17.0 Å². The van der Waals surface area contributed by atoms with Crippen LogP contribution in [0.3, 0.4) is 0 Å². The van der Waals surface area contributed by atoms with Crippen molar-refractivity contribution in [1.29, 1.82) is 0 Å². The van der Waals surface area contributed by atoms with Gasteiger partial charge < -0.3 is 0 Å². The van der Waals surface area contributed by atoms with Gasteiger partial charge in [0, 0.05) is 6.20 Å². The Bertz CT molecular complexity index is 939. The molecular weight excluding hydrogens is 317 g/mol. The second kappa shape index (κ2) is 5.74. The second-order valence-corrected chi connectivity index (χ2v) is 5.58. The van der Waals surface area contributed by atoms with Crippen LogP contribution >= 0.6 is 0 Å². The minimum Gasteiger partial charge on any atom is -0.282 e. The smallest absolute Gasteiger partial charge is 0.282 e. The summed E-state index contributed by atoms with van der Waals surface area (Å²) in [4.78, 5) is 4.23. The third-order valence-corrected chi connectivity index (χ3v) is 3.92. The van der Waals surface area contributed by atoms with Gasteiger partial charge in [0.15, 0.2) is 5.82 Å². The largest absolute Gasteiger partial charge is 0.417 e. The summed E-state index contributed by atoms with van der Waals surface area (Å²) in [5, 5.41) is 8.34. The van der Waals surface area contributed by atoms with Crippen LogP contribution in [0.5, 0.6) is 0 Å². The van der Waals surface area contributed by atoms with Gasteiger partial charge in [0.05, 0.1) is 16.9 Å². The molecule has 7 heteroatoms. The van der Waals surface area contributed by atoms with Gasteiger partial charge in [0.25, 0.3) is 0 Å². The highest BCUT2D eigenvalue weighted by molar-refractivity contribution is 5.54. The highest BCUT2D eigenvalue weighted by Gasteiger charge is 2.31. The highest BCUT2D eigenvalue weighted by atomic mass is 19.4. The Morgan fingerprint density at radius 1 is 1.00 bits per heavy atom. The van der Waals surface area contributed by atoms with Crippen molar-refractivity contribution >= 4 is 17.2 Å². The molecule has 0 aliphatic carbocycles. The van der Waals surface area contributed by atoms with Crippen molar-refractivity contribution in [2.45, 2.75) is 26.9 Å². The van der Waals surface area contributed by atoms with Crippen LogP contribution < -0.4 is 0 Å². The molecule has 4 nitrogen and oxygen atoms in total. The lowest BCUT2D eigenvalue weighted by Crippen LogP contribution is -2.06. The third-order valence-electron chi connectivity index (χ3n) is 3.92. The SMILES string of the molecule is Cc1cccc(N=Nc2c(C)nc3ccc(C(F)(F)F)cn23)c1C. The number of benzene rings is 1. The Kier molecular flexibility index (Phi) is 3.87. The number of hydrogen-bond acceptors (Lipinski definition) is 3. The number of aromatic nitrogens is 2. The molecule has 3 aromatic rings. The van der Waals surface area contributed by atoms with Crippen LogP contribution in [0, 0.1) is 20.8 Å². The lowest BCUT2D eigenvalue weighted by molar-refractivity contribution is -0.137. The Morgan fingerprint density at radius 3 is 2.46 bits per heavy atom. The number of aryl methyl sites for hydroxylation is 2. The zero-order chi connectivity index (χ0) is 17.5. The predicted octanol–water partition coefficient (Wildman–Crippen LogP) is 5.69. The van der Waals surface area contributed by atoms with Gasteiger partial charge in [-0.2, -0.15) is 13.2 Å². The summed E-state index contributed by atoms with van der Waals surface area (Å²) in [6, 6.07) is 7.97. The summed E-state index contributed by atoms with van der Waals surface area (Å²) in [6.45, 7) is 5.58. The maximum atomic E-state index is 12.9. The first-order valence-electron chi connectivity index (χ1n) is 7.31. The monoisotopic (exact) mass is 332 g/mol. The quantitative estimate of drug-likeness (QED) is 0.556. The standard InChI is InChI=1S/C17H15F3N4/c1-10-5-4-6-14(11(10)2)22-23-16-12(3)21-15-8-7-13(9-24(15)16)17(18,19)20/h4-9H,1-3H3. The molecule has 0 saturated carbocycles. The van der Waals surface area contributed by atoms with Crippen molar-refractivity contribution in [3.8, 4) is 0 Å². The Morgan fingerprint density at radius 2 is 1.75 bits per heavy atom. The maximum Gasteiger partial charge on any atom is 0.417 e. The molecule has 2 heterocycles. The van der Waals surface area contributed by atoms with E-state index in [9.17, 15) is 13.2 Å². The number of pyridine rings is 1. The van der Waals surface area contributed by atoms with E-state index in [2.05, 4.69) is 15.2 Å². The molecule has 0 fully saturated rings. The Hall–Kier alpha value is -2.70. The number of halogens is 3. The second-order valence-electron chi connectivity index (χ2n) is 5.58. The minimum atomic E-state index is -4.42. The van der Waals surface area contributed by atoms with Gasteiger partial charge in [-0.25, -0.2) is 4.98 Å². The average molecular weight is 332 g/mol. The van der Waals surface area contributed by atoms with E-state index in [-0.39, 0.29) is 5.82 Å². The first-order valence-corrected chi connectivity index (χ1v) is 7.31. The van der Waals surface area contributed by atoms with Crippen molar-refractivity contribution in [3.05, 3.63) is 58.9 Å². The fourth-order valence-corrected chi connectivity index (χ4v) is 2.38. The maximum absolute atomic E-state index is 12.9. The van der Waals surface area contributed by atoms with Crippen molar-refractivity contribution in [3.63, 3.8) is 0 Å². The molecule has 0 bridgehead atoms. The van der Waals surface area contributed by atoms with Crippen molar-refractivity contribution in [1.82, 2.24) is 9.38 Å². The molecule has 0 atom stereocenters. The summed E-state index contributed by atoms with van der Waals surface area (Å²) >= 11 is 0.